The van der Waals surface area contributed by atoms with Gasteiger partial charge in [0.05, 0.1) is 6.10 Å². The van der Waals surface area contributed by atoms with Crippen LogP contribution in [0.4, 0.5) is 9.18 Å². The molecule has 0 bridgehead atoms. The molecule has 4 N–H and O–H groups in total. The molecule has 7 heteroatoms. The molecule has 6 nitrogen and oxygen atoms in total. The zero-order chi connectivity index (χ0) is 16.7. The van der Waals surface area contributed by atoms with Crippen LogP contribution in [0.3, 0.4) is 0 Å². The Morgan fingerprint density at radius 3 is 2.78 bits per heavy atom. The highest BCUT2D eigenvalue weighted by molar-refractivity contribution is 5.74. The Kier molecular flexibility index (Phi) is 6.61. The zero-order valence-electron chi connectivity index (χ0n) is 12.9. The van der Waals surface area contributed by atoms with Crippen molar-refractivity contribution in [2.45, 2.75) is 43.9 Å². The first-order chi connectivity index (χ1) is 11.0. The average molecular weight is 326 g/mol. The van der Waals surface area contributed by atoms with Gasteiger partial charge in [-0.3, -0.25) is 0 Å². The molecule has 2 amide bonds. The Hall–Kier alpha value is -1.86. The number of urea groups is 1. The highest BCUT2D eigenvalue weighted by atomic mass is 19.1. The second-order valence-corrected chi connectivity index (χ2v) is 5.78. The van der Waals surface area contributed by atoms with Crippen LogP contribution >= 0.6 is 0 Å². The van der Waals surface area contributed by atoms with Gasteiger partial charge in [0.1, 0.15) is 24.3 Å². The molecule has 1 aliphatic carbocycles. The summed E-state index contributed by atoms with van der Waals surface area (Å²) in [6.07, 6.45) is 1.72. The molecule has 0 heterocycles. The Bertz CT molecular complexity index is 507. The SMILES string of the molecule is O=C(NCC(O)COc1cccc(F)c1)NC1CCC(O)CC1. The molecule has 1 aliphatic rings. The lowest BCUT2D eigenvalue weighted by molar-refractivity contribution is 0.105. The molecule has 1 aromatic rings. The predicted octanol–water partition coefficient (Wildman–Crippen LogP) is 1.17. The lowest BCUT2D eigenvalue weighted by Crippen LogP contribution is -2.46. The maximum Gasteiger partial charge on any atom is 0.315 e. The lowest BCUT2D eigenvalue weighted by atomic mass is 9.93. The van der Waals surface area contributed by atoms with Gasteiger partial charge in [0, 0.05) is 18.7 Å². The van der Waals surface area contributed by atoms with Crippen LogP contribution in [0.15, 0.2) is 24.3 Å². The summed E-state index contributed by atoms with van der Waals surface area (Å²) in [6, 6.07) is 5.34. The smallest absolute Gasteiger partial charge is 0.315 e. The van der Waals surface area contributed by atoms with Gasteiger partial charge in [0.15, 0.2) is 0 Å². The molecule has 1 fully saturated rings. The Morgan fingerprint density at radius 2 is 2.09 bits per heavy atom. The number of amides is 2. The number of ether oxygens (including phenoxy) is 1. The summed E-state index contributed by atoms with van der Waals surface area (Å²) < 4.78 is 18.2. The fraction of sp³-hybridized carbons (Fsp3) is 0.562. The van der Waals surface area contributed by atoms with Crippen molar-refractivity contribution in [1.29, 1.82) is 0 Å². The molecule has 1 unspecified atom stereocenters. The van der Waals surface area contributed by atoms with E-state index < -0.39 is 11.9 Å². The van der Waals surface area contributed by atoms with Gasteiger partial charge in [-0.25, -0.2) is 9.18 Å². The third-order valence-electron chi connectivity index (χ3n) is 3.77. The second kappa shape index (κ2) is 8.69. The van der Waals surface area contributed by atoms with Crippen molar-refractivity contribution >= 4 is 6.03 Å². The predicted molar refractivity (Wildman–Crippen MR) is 82.7 cm³/mol. The van der Waals surface area contributed by atoms with E-state index in [0.717, 1.165) is 12.8 Å². The Balaban J connectivity index is 1.62. The molecule has 2 rings (SSSR count). The van der Waals surface area contributed by atoms with E-state index in [1.807, 2.05) is 0 Å². The molecular formula is C16H23FN2O4. The first kappa shape index (κ1) is 17.5. The van der Waals surface area contributed by atoms with Crippen molar-refractivity contribution in [2.24, 2.45) is 0 Å². The molecule has 128 valence electrons. The van der Waals surface area contributed by atoms with Gasteiger partial charge in [-0.15, -0.1) is 0 Å². The molecule has 1 aromatic carbocycles. The van der Waals surface area contributed by atoms with E-state index in [9.17, 15) is 19.4 Å². The minimum atomic E-state index is -0.891. The van der Waals surface area contributed by atoms with Crippen molar-refractivity contribution in [3.63, 3.8) is 0 Å². The molecular weight excluding hydrogens is 303 g/mol. The minimum absolute atomic E-state index is 0.0382. The van der Waals surface area contributed by atoms with Crippen LogP contribution in [-0.4, -0.2) is 47.6 Å². The maximum atomic E-state index is 13.0. The van der Waals surface area contributed by atoms with Gasteiger partial charge >= 0.3 is 6.03 Å². The van der Waals surface area contributed by atoms with Crippen molar-refractivity contribution < 1.29 is 24.1 Å². The van der Waals surface area contributed by atoms with E-state index in [1.165, 1.54) is 18.2 Å². The van der Waals surface area contributed by atoms with Gasteiger partial charge in [-0.2, -0.15) is 0 Å². The number of carbonyl (C=O) groups is 1. The summed E-state index contributed by atoms with van der Waals surface area (Å²) in [5.41, 5.74) is 0. The highest BCUT2D eigenvalue weighted by Crippen LogP contribution is 2.18. The van der Waals surface area contributed by atoms with E-state index in [1.54, 1.807) is 6.07 Å². The summed E-state index contributed by atoms with van der Waals surface area (Å²) in [4.78, 5) is 11.7. The molecule has 0 aliphatic heterocycles. The van der Waals surface area contributed by atoms with Gasteiger partial charge in [-0.1, -0.05) is 6.07 Å². The molecule has 0 spiro atoms. The number of carbonyl (C=O) groups excluding carboxylic acids is 1. The second-order valence-electron chi connectivity index (χ2n) is 5.78. The number of hydrogen-bond donors (Lipinski definition) is 4. The van der Waals surface area contributed by atoms with E-state index >= 15 is 0 Å². The number of aliphatic hydroxyl groups excluding tert-OH is 2. The third-order valence-corrected chi connectivity index (χ3v) is 3.77. The molecule has 0 saturated heterocycles. The number of aliphatic hydroxyl groups is 2. The molecule has 0 aromatic heterocycles. The summed E-state index contributed by atoms with van der Waals surface area (Å²) in [5.74, 6) is -0.0821. The normalized spacial score (nSPS) is 22.2. The molecule has 1 atom stereocenters. The topological polar surface area (TPSA) is 90.8 Å². The van der Waals surface area contributed by atoms with E-state index in [-0.39, 0.29) is 31.3 Å². The van der Waals surface area contributed by atoms with Crippen molar-refractivity contribution in [1.82, 2.24) is 10.6 Å². The Labute approximate surface area is 134 Å². The molecule has 0 radical (unpaired) electrons. The lowest BCUT2D eigenvalue weighted by Gasteiger charge is -2.26. The number of nitrogens with one attached hydrogen (secondary N) is 2. The summed E-state index contributed by atoms with van der Waals surface area (Å²) in [6.45, 7) is -0.00412. The van der Waals surface area contributed by atoms with Gasteiger partial charge in [0.25, 0.3) is 0 Å². The largest absolute Gasteiger partial charge is 0.491 e. The highest BCUT2D eigenvalue weighted by Gasteiger charge is 2.20. The van der Waals surface area contributed by atoms with Crippen LogP contribution < -0.4 is 15.4 Å². The van der Waals surface area contributed by atoms with Crippen molar-refractivity contribution in [3.8, 4) is 5.75 Å². The molecule has 1 saturated carbocycles. The quantitative estimate of drug-likeness (QED) is 0.631. The van der Waals surface area contributed by atoms with Gasteiger partial charge in [-0.05, 0) is 37.8 Å². The van der Waals surface area contributed by atoms with Crippen LogP contribution in [0, 0.1) is 5.82 Å². The van der Waals surface area contributed by atoms with E-state index in [4.69, 9.17) is 4.74 Å². The zero-order valence-corrected chi connectivity index (χ0v) is 12.9. The minimum Gasteiger partial charge on any atom is -0.491 e. The summed E-state index contributed by atoms with van der Waals surface area (Å²) in [7, 11) is 0. The first-order valence-corrected chi connectivity index (χ1v) is 7.82. The van der Waals surface area contributed by atoms with Crippen LogP contribution in [0.5, 0.6) is 5.75 Å². The fourth-order valence-corrected chi connectivity index (χ4v) is 2.48. The Morgan fingerprint density at radius 1 is 1.35 bits per heavy atom. The standard InChI is InChI=1S/C16H23FN2O4/c17-11-2-1-3-15(8-11)23-10-14(21)9-18-16(22)19-12-4-6-13(20)7-5-12/h1-3,8,12-14,20-21H,4-7,9-10H2,(H2,18,19,22). The van der Waals surface area contributed by atoms with Crippen LogP contribution in [0.2, 0.25) is 0 Å². The summed E-state index contributed by atoms with van der Waals surface area (Å²) >= 11 is 0. The van der Waals surface area contributed by atoms with E-state index in [0.29, 0.717) is 18.6 Å². The third kappa shape index (κ3) is 6.42. The maximum absolute atomic E-state index is 13.0. The van der Waals surface area contributed by atoms with Crippen molar-refractivity contribution in [3.05, 3.63) is 30.1 Å². The average Bonchev–Trinajstić information content (AvgIpc) is 2.53. The monoisotopic (exact) mass is 326 g/mol. The van der Waals surface area contributed by atoms with Crippen LogP contribution in [0.25, 0.3) is 0 Å². The van der Waals surface area contributed by atoms with Crippen molar-refractivity contribution in [2.75, 3.05) is 13.2 Å². The number of halogens is 1. The molecule has 23 heavy (non-hydrogen) atoms. The van der Waals surface area contributed by atoms with E-state index in [2.05, 4.69) is 10.6 Å². The van der Waals surface area contributed by atoms with Crippen LogP contribution in [0.1, 0.15) is 25.7 Å². The van der Waals surface area contributed by atoms with Gasteiger partial charge in [0.2, 0.25) is 0 Å². The number of benzene rings is 1. The first-order valence-electron chi connectivity index (χ1n) is 7.82. The van der Waals surface area contributed by atoms with Gasteiger partial charge < -0.3 is 25.6 Å². The number of hydrogen-bond acceptors (Lipinski definition) is 4. The van der Waals surface area contributed by atoms with Crippen LogP contribution in [-0.2, 0) is 0 Å². The summed E-state index contributed by atoms with van der Waals surface area (Å²) in [5, 5.41) is 24.6. The fourth-order valence-electron chi connectivity index (χ4n) is 2.48. The number of rotatable bonds is 6.